The second-order valence-corrected chi connectivity index (χ2v) is 4.17. The molecule has 0 saturated heterocycles. The molecule has 0 fully saturated rings. The number of para-hydroxylation sites is 1. The minimum absolute atomic E-state index is 0.465. The van der Waals surface area contributed by atoms with Crippen molar-refractivity contribution in [1.29, 1.82) is 0 Å². The van der Waals surface area contributed by atoms with Crippen LogP contribution in [0.5, 0.6) is 5.75 Å². The van der Waals surface area contributed by atoms with Crippen LogP contribution < -0.4 is 10.2 Å². The molecule has 0 amide bonds. The van der Waals surface area contributed by atoms with Crippen molar-refractivity contribution < 1.29 is 14.8 Å². The van der Waals surface area contributed by atoms with Gasteiger partial charge in [0, 0.05) is 0 Å². The Morgan fingerprint density at radius 1 is 1.00 bits per heavy atom. The highest BCUT2D eigenvalue weighted by Gasteiger charge is 2.09. The van der Waals surface area contributed by atoms with Crippen LogP contribution in [0.1, 0.15) is 11.1 Å². The number of hydrogen-bond acceptors (Lipinski definition) is 3. The summed E-state index contributed by atoms with van der Waals surface area (Å²) < 4.78 is 5.70. The van der Waals surface area contributed by atoms with Gasteiger partial charge in [0.1, 0.15) is 12.4 Å². The minimum atomic E-state index is -1.42. The molecule has 0 saturated carbocycles. The molecule has 92 valence electrons. The Morgan fingerprint density at radius 2 is 1.67 bits per heavy atom. The van der Waals surface area contributed by atoms with E-state index in [1.54, 1.807) is 12.1 Å². The molecular weight excluding hydrogens is 227 g/mol. The highest BCUT2D eigenvalue weighted by atomic mass is 16.5. The van der Waals surface area contributed by atoms with Crippen LogP contribution in [0.15, 0.2) is 48.5 Å². The average molecular weight is 242 g/mol. The van der Waals surface area contributed by atoms with Crippen molar-refractivity contribution >= 4 is 12.6 Å². The molecule has 2 rings (SSSR count). The summed E-state index contributed by atoms with van der Waals surface area (Å²) in [6, 6.07) is 14.9. The topological polar surface area (TPSA) is 49.7 Å². The van der Waals surface area contributed by atoms with Crippen molar-refractivity contribution in [3.05, 3.63) is 59.7 Å². The fraction of sp³-hybridized carbons (Fsp3) is 0.143. The molecule has 3 nitrogen and oxygen atoms in total. The first-order valence-electron chi connectivity index (χ1n) is 5.80. The third kappa shape index (κ3) is 3.12. The van der Waals surface area contributed by atoms with E-state index < -0.39 is 7.12 Å². The highest BCUT2D eigenvalue weighted by molar-refractivity contribution is 6.58. The Labute approximate surface area is 107 Å². The van der Waals surface area contributed by atoms with Crippen LogP contribution in [0, 0.1) is 6.92 Å². The molecule has 2 aromatic carbocycles. The smallest absolute Gasteiger partial charge is 0.488 e. The number of benzene rings is 2. The summed E-state index contributed by atoms with van der Waals surface area (Å²) in [5.74, 6) is 0.865. The fourth-order valence-corrected chi connectivity index (χ4v) is 1.67. The standard InChI is InChI=1S/C14H15BO3/c1-11-4-2-3-5-14(11)18-10-12-6-8-13(9-7-12)15(16)17/h2-9,16-17H,10H2,1H3. The first-order chi connectivity index (χ1) is 8.66. The van der Waals surface area contributed by atoms with Crippen LogP contribution in [-0.2, 0) is 6.61 Å². The van der Waals surface area contributed by atoms with Crippen LogP contribution in [0.25, 0.3) is 0 Å². The van der Waals surface area contributed by atoms with Crippen molar-refractivity contribution in [1.82, 2.24) is 0 Å². The van der Waals surface area contributed by atoms with E-state index in [1.807, 2.05) is 43.3 Å². The molecule has 0 bridgehead atoms. The summed E-state index contributed by atoms with van der Waals surface area (Å²) >= 11 is 0. The number of ether oxygens (including phenoxy) is 1. The van der Waals surface area contributed by atoms with Gasteiger partial charge in [0.15, 0.2) is 0 Å². The Morgan fingerprint density at radius 3 is 2.28 bits per heavy atom. The van der Waals surface area contributed by atoms with E-state index in [2.05, 4.69) is 0 Å². The molecule has 0 aromatic heterocycles. The van der Waals surface area contributed by atoms with Crippen LogP contribution in [0.3, 0.4) is 0 Å². The molecule has 4 heteroatoms. The molecular formula is C14H15BO3. The maximum atomic E-state index is 8.98. The minimum Gasteiger partial charge on any atom is -0.489 e. The summed E-state index contributed by atoms with van der Waals surface area (Å²) in [5.41, 5.74) is 2.57. The summed E-state index contributed by atoms with van der Waals surface area (Å²) in [5, 5.41) is 18.0. The lowest BCUT2D eigenvalue weighted by Crippen LogP contribution is -2.29. The SMILES string of the molecule is Cc1ccccc1OCc1ccc(B(O)O)cc1. The molecule has 0 radical (unpaired) electrons. The second kappa shape index (κ2) is 5.71. The number of hydrogen-bond donors (Lipinski definition) is 2. The van der Waals surface area contributed by atoms with Gasteiger partial charge in [-0.25, -0.2) is 0 Å². The largest absolute Gasteiger partial charge is 0.489 e. The molecule has 0 spiro atoms. The third-order valence-corrected chi connectivity index (χ3v) is 2.77. The highest BCUT2D eigenvalue weighted by Crippen LogP contribution is 2.17. The molecule has 0 atom stereocenters. The van der Waals surface area contributed by atoms with Gasteiger partial charge in [-0.15, -0.1) is 0 Å². The van der Waals surface area contributed by atoms with Crippen LogP contribution >= 0.6 is 0 Å². The Bertz CT molecular complexity index is 509. The van der Waals surface area contributed by atoms with Gasteiger partial charge in [-0.3, -0.25) is 0 Å². The van der Waals surface area contributed by atoms with Crippen LogP contribution in [-0.4, -0.2) is 17.2 Å². The van der Waals surface area contributed by atoms with Crippen molar-refractivity contribution in [3.63, 3.8) is 0 Å². The van der Waals surface area contributed by atoms with Crippen molar-refractivity contribution in [3.8, 4) is 5.75 Å². The van der Waals surface area contributed by atoms with Crippen LogP contribution in [0.2, 0.25) is 0 Å². The van der Waals surface area contributed by atoms with E-state index in [4.69, 9.17) is 14.8 Å². The second-order valence-electron chi connectivity index (χ2n) is 4.17. The van der Waals surface area contributed by atoms with Gasteiger partial charge in [0.2, 0.25) is 0 Å². The molecule has 18 heavy (non-hydrogen) atoms. The Balaban J connectivity index is 2.00. The van der Waals surface area contributed by atoms with Gasteiger partial charge in [-0.2, -0.15) is 0 Å². The normalized spacial score (nSPS) is 10.2. The predicted octanol–water partition coefficient (Wildman–Crippen LogP) is 1.25. The maximum Gasteiger partial charge on any atom is 0.488 e. The lowest BCUT2D eigenvalue weighted by molar-refractivity contribution is 0.304. The van der Waals surface area contributed by atoms with Gasteiger partial charge in [-0.05, 0) is 29.6 Å². The van der Waals surface area contributed by atoms with Crippen molar-refractivity contribution in [2.24, 2.45) is 0 Å². The lowest BCUT2D eigenvalue weighted by atomic mass is 9.80. The van der Waals surface area contributed by atoms with Gasteiger partial charge < -0.3 is 14.8 Å². The van der Waals surface area contributed by atoms with E-state index in [0.29, 0.717) is 12.1 Å². The summed E-state index contributed by atoms with van der Waals surface area (Å²) in [6.07, 6.45) is 0. The monoisotopic (exact) mass is 242 g/mol. The molecule has 0 aliphatic rings. The molecule has 2 N–H and O–H groups in total. The third-order valence-electron chi connectivity index (χ3n) is 2.77. The lowest BCUT2D eigenvalue weighted by Gasteiger charge is -2.09. The van der Waals surface area contributed by atoms with E-state index in [0.717, 1.165) is 16.9 Å². The first-order valence-corrected chi connectivity index (χ1v) is 5.80. The van der Waals surface area contributed by atoms with Gasteiger partial charge in [0.25, 0.3) is 0 Å². The molecule has 0 heterocycles. The summed E-state index contributed by atoms with van der Waals surface area (Å²) in [6.45, 7) is 2.47. The summed E-state index contributed by atoms with van der Waals surface area (Å²) in [4.78, 5) is 0. The van der Waals surface area contributed by atoms with Crippen molar-refractivity contribution in [2.75, 3.05) is 0 Å². The van der Waals surface area contributed by atoms with Crippen molar-refractivity contribution in [2.45, 2.75) is 13.5 Å². The van der Waals surface area contributed by atoms with E-state index in [-0.39, 0.29) is 0 Å². The van der Waals surface area contributed by atoms with Crippen LogP contribution in [0.4, 0.5) is 0 Å². The summed E-state index contributed by atoms with van der Waals surface area (Å²) in [7, 11) is -1.42. The number of aryl methyl sites for hydroxylation is 1. The molecule has 0 unspecified atom stereocenters. The fourth-order valence-electron chi connectivity index (χ4n) is 1.67. The predicted molar refractivity (Wildman–Crippen MR) is 71.8 cm³/mol. The average Bonchev–Trinajstić information content (AvgIpc) is 2.38. The van der Waals surface area contributed by atoms with E-state index >= 15 is 0 Å². The molecule has 2 aromatic rings. The maximum absolute atomic E-state index is 8.98. The molecule has 0 aliphatic heterocycles. The van der Waals surface area contributed by atoms with Gasteiger partial charge in [-0.1, -0.05) is 42.5 Å². The first kappa shape index (κ1) is 12.7. The quantitative estimate of drug-likeness (QED) is 0.793. The zero-order valence-electron chi connectivity index (χ0n) is 10.2. The van der Waals surface area contributed by atoms with Gasteiger partial charge in [0.05, 0.1) is 0 Å². The van der Waals surface area contributed by atoms with E-state index in [1.165, 1.54) is 0 Å². The Kier molecular flexibility index (Phi) is 4.02. The van der Waals surface area contributed by atoms with Gasteiger partial charge >= 0.3 is 7.12 Å². The zero-order valence-corrected chi connectivity index (χ0v) is 10.2. The number of rotatable bonds is 4. The zero-order chi connectivity index (χ0) is 13.0. The van der Waals surface area contributed by atoms with E-state index in [9.17, 15) is 0 Å². The Hall–Kier alpha value is -1.78. The molecule has 0 aliphatic carbocycles.